The topological polar surface area (TPSA) is 98.7 Å². The number of rotatable bonds is 11. The van der Waals surface area contributed by atoms with Crippen LogP contribution in [0.15, 0.2) is 121 Å². The molecule has 0 aliphatic rings. The molecule has 3 rings (SSSR count). The molecule has 8 heteroatoms. The SMILES string of the molecule is C=C(F)\C=C(F)/C(=C\CC)/C=C/Nc1ccccc1/C(C)=C/Nc1cccc(-c2cccc(C(=O)O)c2)c1O.C=O. The van der Waals surface area contributed by atoms with Gasteiger partial charge in [-0.05, 0) is 54.8 Å². The van der Waals surface area contributed by atoms with Crippen molar-refractivity contribution < 1.29 is 28.6 Å². The molecule has 0 saturated heterocycles. The number of carboxylic acids is 1. The lowest BCUT2D eigenvalue weighted by Gasteiger charge is -2.13. The van der Waals surface area contributed by atoms with Crippen molar-refractivity contribution in [2.24, 2.45) is 0 Å². The maximum absolute atomic E-state index is 14.3. The number of carboxylic acid groups (broad SMARTS) is 1. The molecule has 0 radical (unpaired) electrons. The van der Waals surface area contributed by atoms with Crippen LogP contribution in [0.1, 0.15) is 36.2 Å². The Bertz CT molecular complexity index is 1510. The minimum atomic E-state index is -1.05. The van der Waals surface area contributed by atoms with Crippen LogP contribution in [0.3, 0.4) is 0 Å². The summed E-state index contributed by atoms with van der Waals surface area (Å²) in [6, 6.07) is 19.1. The number of aromatic hydroxyl groups is 1. The minimum Gasteiger partial charge on any atom is -0.505 e. The quantitative estimate of drug-likeness (QED) is 0.139. The number of halogens is 2. The van der Waals surface area contributed by atoms with Crippen LogP contribution in [0.4, 0.5) is 20.2 Å². The Morgan fingerprint density at radius 2 is 1.66 bits per heavy atom. The van der Waals surface area contributed by atoms with E-state index in [-0.39, 0.29) is 16.9 Å². The van der Waals surface area contributed by atoms with E-state index in [1.807, 2.05) is 44.9 Å². The average molecular weight is 559 g/mol. The van der Waals surface area contributed by atoms with Crippen molar-refractivity contribution in [3.8, 4) is 16.9 Å². The smallest absolute Gasteiger partial charge is 0.335 e. The van der Waals surface area contributed by atoms with E-state index in [9.17, 15) is 23.8 Å². The normalized spacial score (nSPS) is 12.0. The molecule has 3 aromatic carbocycles. The van der Waals surface area contributed by atoms with Gasteiger partial charge in [-0.3, -0.25) is 0 Å². The van der Waals surface area contributed by atoms with Gasteiger partial charge in [0.25, 0.3) is 0 Å². The molecule has 0 atom stereocenters. The minimum absolute atomic E-state index is 0.0142. The third-order valence-electron chi connectivity index (χ3n) is 5.74. The number of carbonyl (C=O) groups excluding carboxylic acids is 1. The number of nitrogens with one attached hydrogen (secondary N) is 2. The number of phenolic OH excluding ortho intramolecular Hbond substituents is 1. The van der Waals surface area contributed by atoms with Crippen LogP contribution in [0.2, 0.25) is 0 Å². The zero-order valence-corrected chi connectivity index (χ0v) is 22.8. The molecule has 0 heterocycles. The monoisotopic (exact) mass is 558 g/mol. The van der Waals surface area contributed by atoms with Crippen molar-refractivity contribution in [2.75, 3.05) is 10.6 Å². The number of para-hydroxylation sites is 2. The van der Waals surface area contributed by atoms with Gasteiger partial charge in [-0.1, -0.05) is 62.0 Å². The Hall–Kier alpha value is -5.24. The molecule has 0 fully saturated rings. The largest absolute Gasteiger partial charge is 0.505 e. The van der Waals surface area contributed by atoms with Crippen LogP contribution in [-0.2, 0) is 4.79 Å². The van der Waals surface area contributed by atoms with Crippen molar-refractivity contribution in [2.45, 2.75) is 20.3 Å². The van der Waals surface area contributed by atoms with E-state index in [2.05, 4.69) is 17.2 Å². The molecule has 3 aromatic rings. The number of allylic oxidation sites excluding steroid dienone is 7. The molecule has 0 saturated carbocycles. The van der Waals surface area contributed by atoms with Gasteiger partial charge in [-0.25, -0.2) is 13.6 Å². The van der Waals surface area contributed by atoms with Crippen molar-refractivity contribution in [3.63, 3.8) is 0 Å². The van der Waals surface area contributed by atoms with Crippen molar-refractivity contribution >= 4 is 29.7 Å². The average Bonchev–Trinajstić information content (AvgIpc) is 2.97. The van der Waals surface area contributed by atoms with Gasteiger partial charge in [-0.2, -0.15) is 0 Å². The summed E-state index contributed by atoms with van der Waals surface area (Å²) in [5.41, 5.74) is 4.34. The van der Waals surface area contributed by atoms with Gasteiger partial charge in [0.1, 0.15) is 24.2 Å². The van der Waals surface area contributed by atoms with Gasteiger partial charge in [0, 0.05) is 40.9 Å². The Morgan fingerprint density at radius 3 is 2.34 bits per heavy atom. The number of hydrogen-bond acceptors (Lipinski definition) is 5. The Kier molecular flexibility index (Phi) is 12.5. The number of aromatic carboxylic acids is 1. The summed E-state index contributed by atoms with van der Waals surface area (Å²) in [4.78, 5) is 19.3. The highest BCUT2D eigenvalue weighted by atomic mass is 19.1. The van der Waals surface area contributed by atoms with E-state index in [4.69, 9.17) is 4.79 Å². The predicted molar refractivity (Wildman–Crippen MR) is 162 cm³/mol. The number of phenols is 1. The molecule has 6 nitrogen and oxygen atoms in total. The first-order valence-electron chi connectivity index (χ1n) is 12.5. The molecule has 0 aromatic heterocycles. The second kappa shape index (κ2) is 16.0. The summed E-state index contributed by atoms with van der Waals surface area (Å²) in [7, 11) is 0. The van der Waals surface area contributed by atoms with Gasteiger partial charge in [0.15, 0.2) is 0 Å². The van der Waals surface area contributed by atoms with E-state index >= 15 is 0 Å². The standard InChI is InChI=1S/C32H30F2N2O3.CH2O/c1-4-9-23(28(34)18-22(3)33)16-17-35-29-14-6-5-12-26(29)21(2)20-36-30-15-8-13-27(31(30)37)24-10-7-11-25(19-24)32(38)39;1-2/h5-20,35-37H,3-4H2,1-2H3,(H,38,39);1H2/b17-16+,21-20+,23-9-,28-18+;. The van der Waals surface area contributed by atoms with Gasteiger partial charge in [-0.15, -0.1) is 0 Å². The van der Waals surface area contributed by atoms with Crippen LogP contribution in [-0.4, -0.2) is 23.0 Å². The lowest BCUT2D eigenvalue weighted by Crippen LogP contribution is -1.97. The lowest BCUT2D eigenvalue weighted by molar-refractivity contribution is -0.0980. The molecule has 212 valence electrons. The van der Waals surface area contributed by atoms with E-state index in [1.54, 1.807) is 48.8 Å². The van der Waals surface area contributed by atoms with E-state index in [0.29, 0.717) is 23.2 Å². The van der Waals surface area contributed by atoms with Crippen LogP contribution in [0, 0.1) is 0 Å². The van der Waals surface area contributed by atoms with Crippen LogP contribution in [0.5, 0.6) is 5.75 Å². The molecule has 0 bridgehead atoms. The molecule has 0 amide bonds. The third-order valence-corrected chi connectivity index (χ3v) is 5.74. The zero-order chi connectivity index (χ0) is 30.4. The maximum atomic E-state index is 14.3. The summed E-state index contributed by atoms with van der Waals surface area (Å²) in [6.45, 7) is 8.82. The maximum Gasteiger partial charge on any atom is 0.335 e. The first kappa shape index (κ1) is 32.0. The first-order valence-corrected chi connectivity index (χ1v) is 12.5. The third kappa shape index (κ3) is 9.18. The number of benzene rings is 3. The molecular formula is C33H32F2N2O4. The summed E-state index contributed by atoms with van der Waals surface area (Å²) in [6.07, 6.45) is 7.81. The van der Waals surface area contributed by atoms with E-state index < -0.39 is 17.6 Å². The second-order valence-corrected chi connectivity index (χ2v) is 8.59. The molecule has 4 N–H and O–H groups in total. The fourth-order valence-electron chi connectivity index (χ4n) is 3.84. The molecule has 0 unspecified atom stereocenters. The van der Waals surface area contributed by atoms with Crippen molar-refractivity contribution in [3.05, 3.63) is 132 Å². The fraction of sp³-hybridized carbons (Fsp3) is 0.0909. The van der Waals surface area contributed by atoms with Gasteiger partial charge in [0.2, 0.25) is 0 Å². The van der Waals surface area contributed by atoms with Gasteiger partial charge < -0.3 is 25.6 Å². The van der Waals surface area contributed by atoms with Crippen molar-refractivity contribution in [1.82, 2.24) is 0 Å². The summed E-state index contributed by atoms with van der Waals surface area (Å²) in [5, 5.41) is 26.5. The zero-order valence-electron chi connectivity index (χ0n) is 22.8. The van der Waals surface area contributed by atoms with Gasteiger partial charge in [0.05, 0.1) is 11.3 Å². The molecule has 0 spiro atoms. The number of carbonyl (C=O) groups is 2. The van der Waals surface area contributed by atoms with Crippen molar-refractivity contribution in [1.29, 1.82) is 0 Å². The summed E-state index contributed by atoms with van der Waals surface area (Å²) < 4.78 is 27.3. The highest BCUT2D eigenvalue weighted by Gasteiger charge is 2.11. The highest BCUT2D eigenvalue weighted by Crippen LogP contribution is 2.36. The first-order chi connectivity index (χ1) is 19.7. The predicted octanol–water partition coefficient (Wildman–Crippen LogP) is 8.64. The number of hydrogen-bond donors (Lipinski definition) is 4. The number of anilines is 2. The van der Waals surface area contributed by atoms with Gasteiger partial charge >= 0.3 is 5.97 Å². The molecule has 0 aliphatic carbocycles. The molecule has 41 heavy (non-hydrogen) atoms. The van der Waals surface area contributed by atoms with Crippen LogP contribution < -0.4 is 10.6 Å². The summed E-state index contributed by atoms with van der Waals surface area (Å²) in [5.74, 6) is -2.64. The Morgan fingerprint density at radius 1 is 0.976 bits per heavy atom. The second-order valence-electron chi connectivity index (χ2n) is 8.59. The fourth-order valence-corrected chi connectivity index (χ4v) is 3.84. The van der Waals surface area contributed by atoms with Crippen LogP contribution >= 0.6 is 0 Å². The van der Waals surface area contributed by atoms with E-state index in [1.165, 1.54) is 18.2 Å². The highest BCUT2D eigenvalue weighted by molar-refractivity contribution is 5.90. The molecular weight excluding hydrogens is 526 g/mol. The lowest BCUT2D eigenvalue weighted by atomic mass is 10.0. The Balaban J connectivity index is 0.00000287. The summed E-state index contributed by atoms with van der Waals surface area (Å²) >= 11 is 0. The van der Waals surface area contributed by atoms with Crippen LogP contribution in [0.25, 0.3) is 16.7 Å². The van der Waals surface area contributed by atoms with E-state index in [0.717, 1.165) is 22.9 Å². The molecule has 0 aliphatic heterocycles. The Labute approximate surface area is 238 Å².